The summed E-state index contributed by atoms with van der Waals surface area (Å²) >= 11 is 0. The van der Waals surface area contributed by atoms with Gasteiger partial charge >= 0.3 is 0 Å². The number of carbonyl (C=O) groups is 1. The number of aldehydes is 1. The van der Waals surface area contributed by atoms with E-state index in [1.807, 2.05) is 0 Å². The van der Waals surface area contributed by atoms with Crippen molar-refractivity contribution in [2.75, 3.05) is 0 Å². The van der Waals surface area contributed by atoms with Gasteiger partial charge in [-0.05, 0) is 26.2 Å². The number of hydrogen-bond donors (Lipinski definition) is 1. The van der Waals surface area contributed by atoms with Gasteiger partial charge in [0.05, 0.1) is 11.8 Å². The van der Waals surface area contributed by atoms with Gasteiger partial charge in [-0.1, -0.05) is 11.6 Å². The topological polar surface area (TPSA) is 68.0 Å². The van der Waals surface area contributed by atoms with Crippen molar-refractivity contribution in [3.63, 3.8) is 0 Å². The number of nitrogens with zero attached hydrogens (tertiary/aromatic N) is 3. The lowest BCUT2D eigenvalue weighted by Gasteiger charge is -2.26. The van der Waals surface area contributed by atoms with Crippen LogP contribution >= 0.6 is 0 Å². The molecule has 1 unspecified atom stereocenters. The molecule has 0 aromatic carbocycles. The molecule has 1 saturated carbocycles. The summed E-state index contributed by atoms with van der Waals surface area (Å²) in [6, 6.07) is 0. The van der Waals surface area contributed by atoms with E-state index < -0.39 is 0 Å². The molecule has 16 heavy (non-hydrogen) atoms. The van der Waals surface area contributed by atoms with Crippen molar-refractivity contribution in [1.82, 2.24) is 15.0 Å². The first kappa shape index (κ1) is 11.3. The van der Waals surface area contributed by atoms with E-state index in [9.17, 15) is 9.90 Å². The molecular formula is C11H17N3O2. The molecule has 88 valence electrons. The summed E-state index contributed by atoms with van der Waals surface area (Å²) in [5.74, 6) is 0.434. The smallest absolute Gasteiger partial charge is 0.172 e. The second-order valence-corrected chi connectivity index (χ2v) is 4.47. The molecule has 0 saturated heterocycles. The van der Waals surface area contributed by atoms with E-state index in [0.717, 1.165) is 24.8 Å². The number of hydrogen-bond acceptors (Lipinski definition) is 4. The van der Waals surface area contributed by atoms with E-state index in [0.29, 0.717) is 24.6 Å². The molecule has 1 aromatic rings. The Morgan fingerprint density at radius 3 is 2.88 bits per heavy atom. The molecule has 1 aliphatic rings. The van der Waals surface area contributed by atoms with Gasteiger partial charge in [0.2, 0.25) is 0 Å². The minimum atomic E-state index is -0.349. The third-order valence-electron chi connectivity index (χ3n) is 3.16. The maximum Gasteiger partial charge on any atom is 0.172 e. The Morgan fingerprint density at radius 1 is 1.62 bits per heavy atom. The van der Waals surface area contributed by atoms with Gasteiger partial charge in [-0.15, -0.1) is 5.10 Å². The second-order valence-electron chi connectivity index (χ2n) is 4.47. The standard InChI is InChI=1S/C11H17N3O2/c1-8(16)5-6-14-11(9-3-2-4-9)10(7-15)12-13-14/h7-9,16H,2-6H2,1H3. The van der Waals surface area contributed by atoms with Crippen LogP contribution in [0.5, 0.6) is 0 Å². The Bertz CT molecular complexity index is 369. The number of rotatable bonds is 5. The van der Waals surface area contributed by atoms with Crippen LogP contribution in [0.25, 0.3) is 0 Å². The van der Waals surface area contributed by atoms with Crippen molar-refractivity contribution in [1.29, 1.82) is 0 Å². The summed E-state index contributed by atoms with van der Waals surface area (Å²) in [6.45, 7) is 2.38. The van der Waals surface area contributed by atoms with Crippen LogP contribution in [0.2, 0.25) is 0 Å². The Hall–Kier alpha value is -1.23. The first-order chi connectivity index (χ1) is 7.72. The molecule has 1 atom stereocenters. The summed E-state index contributed by atoms with van der Waals surface area (Å²) < 4.78 is 1.78. The highest BCUT2D eigenvalue weighted by Crippen LogP contribution is 2.37. The molecule has 0 bridgehead atoms. The summed E-state index contributed by atoms with van der Waals surface area (Å²) in [6.07, 6.45) is 4.51. The quantitative estimate of drug-likeness (QED) is 0.760. The predicted molar refractivity (Wildman–Crippen MR) is 58.3 cm³/mol. The molecule has 1 aliphatic carbocycles. The maximum absolute atomic E-state index is 10.9. The van der Waals surface area contributed by atoms with E-state index in [1.54, 1.807) is 11.6 Å². The van der Waals surface area contributed by atoms with Crippen molar-refractivity contribution in [2.24, 2.45) is 0 Å². The lowest BCUT2D eigenvalue weighted by molar-refractivity contribution is 0.111. The summed E-state index contributed by atoms with van der Waals surface area (Å²) in [5.41, 5.74) is 1.43. The van der Waals surface area contributed by atoms with E-state index in [-0.39, 0.29) is 6.10 Å². The molecular weight excluding hydrogens is 206 g/mol. The van der Waals surface area contributed by atoms with E-state index in [1.165, 1.54) is 6.42 Å². The zero-order valence-corrected chi connectivity index (χ0v) is 9.46. The average molecular weight is 223 g/mol. The van der Waals surface area contributed by atoms with Crippen LogP contribution in [0.3, 0.4) is 0 Å². The van der Waals surface area contributed by atoms with Crippen molar-refractivity contribution in [3.8, 4) is 0 Å². The molecule has 0 radical (unpaired) electrons. The highest BCUT2D eigenvalue weighted by atomic mass is 16.3. The fourth-order valence-corrected chi connectivity index (χ4v) is 1.99. The van der Waals surface area contributed by atoms with Crippen molar-refractivity contribution in [2.45, 2.75) is 51.2 Å². The normalized spacial score (nSPS) is 18.1. The van der Waals surface area contributed by atoms with Crippen LogP contribution in [0.4, 0.5) is 0 Å². The third kappa shape index (κ3) is 2.14. The minimum absolute atomic E-state index is 0.349. The van der Waals surface area contributed by atoms with E-state index in [2.05, 4.69) is 10.3 Å². The maximum atomic E-state index is 10.9. The minimum Gasteiger partial charge on any atom is -0.393 e. The van der Waals surface area contributed by atoms with Crippen LogP contribution in [-0.2, 0) is 6.54 Å². The molecule has 2 rings (SSSR count). The zero-order valence-electron chi connectivity index (χ0n) is 9.46. The van der Waals surface area contributed by atoms with E-state index in [4.69, 9.17) is 0 Å². The Morgan fingerprint density at radius 2 is 2.38 bits per heavy atom. The van der Waals surface area contributed by atoms with Crippen molar-refractivity contribution in [3.05, 3.63) is 11.4 Å². The van der Waals surface area contributed by atoms with Crippen LogP contribution < -0.4 is 0 Å². The Labute approximate surface area is 94.5 Å². The molecule has 5 heteroatoms. The first-order valence-electron chi connectivity index (χ1n) is 5.79. The van der Waals surface area contributed by atoms with Crippen molar-refractivity contribution < 1.29 is 9.90 Å². The second kappa shape index (κ2) is 4.74. The average Bonchev–Trinajstić information content (AvgIpc) is 2.55. The van der Waals surface area contributed by atoms with Gasteiger partial charge in [-0.3, -0.25) is 4.79 Å². The fourth-order valence-electron chi connectivity index (χ4n) is 1.99. The first-order valence-corrected chi connectivity index (χ1v) is 5.79. The van der Waals surface area contributed by atoms with Gasteiger partial charge in [-0.2, -0.15) is 0 Å². The number of aryl methyl sites for hydroxylation is 1. The molecule has 1 fully saturated rings. The summed E-state index contributed by atoms with van der Waals surface area (Å²) in [4.78, 5) is 10.9. The lowest BCUT2D eigenvalue weighted by atomic mass is 9.82. The zero-order chi connectivity index (χ0) is 11.5. The molecule has 5 nitrogen and oxygen atoms in total. The number of aliphatic hydroxyl groups excluding tert-OH is 1. The largest absolute Gasteiger partial charge is 0.393 e. The molecule has 0 aliphatic heterocycles. The van der Waals surface area contributed by atoms with Crippen LogP contribution in [0, 0.1) is 0 Å². The lowest BCUT2D eigenvalue weighted by Crippen LogP contribution is -2.18. The monoisotopic (exact) mass is 223 g/mol. The molecule has 1 heterocycles. The highest BCUT2D eigenvalue weighted by molar-refractivity contribution is 5.73. The molecule has 1 N–H and O–H groups in total. The SMILES string of the molecule is CC(O)CCn1nnc(C=O)c1C1CCC1. The van der Waals surface area contributed by atoms with Crippen LogP contribution in [-0.4, -0.2) is 32.5 Å². The van der Waals surface area contributed by atoms with E-state index >= 15 is 0 Å². The van der Waals surface area contributed by atoms with Crippen LogP contribution in [0.1, 0.15) is 54.7 Å². The van der Waals surface area contributed by atoms with Gasteiger partial charge in [0, 0.05) is 12.5 Å². The number of carbonyl (C=O) groups excluding carboxylic acids is 1. The molecule has 1 aromatic heterocycles. The van der Waals surface area contributed by atoms with Crippen molar-refractivity contribution >= 4 is 6.29 Å². The van der Waals surface area contributed by atoms with Gasteiger partial charge in [0.25, 0.3) is 0 Å². The summed E-state index contributed by atoms with van der Waals surface area (Å²) in [5, 5.41) is 17.1. The number of aliphatic hydroxyl groups is 1. The summed E-state index contributed by atoms with van der Waals surface area (Å²) in [7, 11) is 0. The molecule has 0 amide bonds. The van der Waals surface area contributed by atoms with Gasteiger partial charge < -0.3 is 5.11 Å². The van der Waals surface area contributed by atoms with Gasteiger partial charge in [0.1, 0.15) is 5.69 Å². The number of aromatic nitrogens is 3. The van der Waals surface area contributed by atoms with Gasteiger partial charge in [0.15, 0.2) is 6.29 Å². The molecule has 0 spiro atoms. The van der Waals surface area contributed by atoms with Gasteiger partial charge in [-0.25, -0.2) is 4.68 Å². The Balaban J connectivity index is 2.16. The van der Waals surface area contributed by atoms with Crippen LogP contribution in [0.15, 0.2) is 0 Å². The highest BCUT2D eigenvalue weighted by Gasteiger charge is 2.27. The fraction of sp³-hybridized carbons (Fsp3) is 0.727. The predicted octanol–water partition coefficient (Wildman–Crippen LogP) is 1.13. The Kier molecular flexibility index (Phi) is 3.33. The third-order valence-corrected chi connectivity index (χ3v) is 3.16.